The zero-order valence-electron chi connectivity index (χ0n) is 16.1. The minimum Gasteiger partial charge on any atom is -0.395 e. The second-order valence-corrected chi connectivity index (χ2v) is 6.90. The minimum atomic E-state index is -1.09. The third-order valence-electron chi connectivity index (χ3n) is 4.91. The van der Waals surface area contributed by atoms with Gasteiger partial charge in [-0.2, -0.15) is 0 Å². The Hall–Kier alpha value is -3.04. The molecule has 0 bridgehead atoms. The molecule has 0 saturated carbocycles. The Labute approximate surface area is 167 Å². The molecule has 1 aliphatic rings. The predicted molar refractivity (Wildman–Crippen MR) is 105 cm³/mol. The van der Waals surface area contributed by atoms with Crippen molar-refractivity contribution in [1.29, 1.82) is 0 Å². The number of pyridine rings is 1. The van der Waals surface area contributed by atoms with Gasteiger partial charge in [0.05, 0.1) is 24.5 Å². The van der Waals surface area contributed by atoms with Gasteiger partial charge >= 0.3 is 0 Å². The predicted octanol–water partition coefficient (Wildman–Crippen LogP) is 1.42. The summed E-state index contributed by atoms with van der Waals surface area (Å²) in [5.41, 5.74) is 1.45. The fourth-order valence-electron chi connectivity index (χ4n) is 3.45. The number of nitrogens with one attached hydrogen (secondary N) is 2. The van der Waals surface area contributed by atoms with Gasteiger partial charge in [0.25, 0.3) is 5.91 Å². The summed E-state index contributed by atoms with van der Waals surface area (Å²) in [6.07, 6.45) is -0.0135. The van der Waals surface area contributed by atoms with Gasteiger partial charge < -0.3 is 20.8 Å². The van der Waals surface area contributed by atoms with Gasteiger partial charge in [-0.3, -0.25) is 14.5 Å². The molecule has 0 spiro atoms. The topological polar surface area (TPSA) is 115 Å². The zero-order valence-corrected chi connectivity index (χ0v) is 16.1. The molecule has 1 unspecified atom stereocenters. The fraction of sp³-hybridized carbons (Fsp3) is 0.350. The molecular weight excluding hydrogens is 379 g/mol. The first-order valence-electron chi connectivity index (χ1n) is 9.22. The van der Waals surface area contributed by atoms with Gasteiger partial charge in [-0.25, -0.2) is 9.37 Å². The van der Waals surface area contributed by atoms with Gasteiger partial charge in [-0.05, 0) is 35.9 Å². The van der Waals surface area contributed by atoms with Crippen LogP contribution in [0.2, 0.25) is 0 Å². The lowest BCUT2D eigenvalue weighted by Gasteiger charge is -2.42. The SMILES string of the molecule is CC(=O)N1c2ccc(C(=O)NCCO)cc2C(Nc2ccc(F)cn2)[C@@H](C)[C@@H]1O. The monoisotopic (exact) mass is 402 g/mol. The molecule has 2 aromatic rings. The molecule has 1 aromatic carbocycles. The number of amides is 2. The van der Waals surface area contributed by atoms with Gasteiger partial charge in [0.2, 0.25) is 5.91 Å². The van der Waals surface area contributed by atoms with Crippen molar-refractivity contribution < 1.29 is 24.2 Å². The van der Waals surface area contributed by atoms with E-state index in [9.17, 15) is 19.1 Å². The van der Waals surface area contributed by atoms with Crippen LogP contribution in [0.5, 0.6) is 0 Å². The standard InChI is InChI=1S/C20H23FN4O4/c1-11-18(24-17-6-4-14(21)10-23-17)15-9-13(19(28)22-7-8-26)3-5-16(15)25(12(2)27)20(11)29/h3-6,9-11,18,20,26,29H,7-8H2,1-2H3,(H,22,28)(H,23,24)/t11-,18?,20+/m1/s1. The summed E-state index contributed by atoms with van der Waals surface area (Å²) in [4.78, 5) is 29.8. The Morgan fingerprint density at radius 3 is 2.66 bits per heavy atom. The molecule has 0 saturated heterocycles. The van der Waals surface area contributed by atoms with Gasteiger partial charge in [0, 0.05) is 24.9 Å². The molecule has 0 radical (unpaired) electrons. The second kappa shape index (κ2) is 8.54. The van der Waals surface area contributed by atoms with Crippen LogP contribution in [-0.4, -0.2) is 46.4 Å². The van der Waals surface area contributed by atoms with Crippen LogP contribution in [0.15, 0.2) is 36.5 Å². The third-order valence-corrected chi connectivity index (χ3v) is 4.91. The first kappa shape index (κ1) is 20.7. The Morgan fingerprint density at radius 2 is 2.03 bits per heavy atom. The lowest BCUT2D eigenvalue weighted by molar-refractivity contribution is -0.119. The molecule has 8 nitrogen and oxygen atoms in total. The van der Waals surface area contributed by atoms with E-state index in [-0.39, 0.29) is 25.0 Å². The summed E-state index contributed by atoms with van der Waals surface area (Å²) in [6.45, 7) is 3.06. The maximum atomic E-state index is 13.2. The van der Waals surface area contributed by atoms with Crippen molar-refractivity contribution in [3.05, 3.63) is 53.5 Å². The Kier molecular flexibility index (Phi) is 6.09. The largest absolute Gasteiger partial charge is 0.395 e. The van der Waals surface area contributed by atoms with Gasteiger partial charge in [-0.1, -0.05) is 6.92 Å². The second-order valence-electron chi connectivity index (χ2n) is 6.90. The number of benzene rings is 1. The van der Waals surface area contributed by atoms with Crippen molar-refractivity contribution in [2.75, 3.05) is 23.4 Å². The van der Waals surface area contributed by atoms with Gasteiger partial charge in [-0.15, -0.1) is 0 Å². The normalized spacial score (nSPS) is 20.7. The highest BCUT2D eigenvalue weighted by molar-refractivity contribution is 5.97. The van der Waals surface area contributed by atoms with Crippen molar-refractivity contribution in [3.63, 3.8) is 0 Å². The Bertz CT molecular complexity index is 906. The number of fused-ring (bicyclic) bond motifs is 1. The molecule has 2 heterocycles. The summed E-state index contributed by atoms with van der Waals surface area (Å²) in [7, 11) is 0. The van der Waals surface area contributed by atoms with E-state index < -0.39 is 24.0 Å². The van der Waals surface area contributed by atoms with Crippen molar-refractivity contribution in [1.82, 2.24) is 10.3 Å². The van der Waals surface area contributed by atoms with Gasteiger partial charge in [0.1, 0.15) is 17.9 Å². The van der Waals surface area contributed by atoms with Crippen LogP contribution in [0.25, 0.3) is 0 Å². The van der Waals surface area contributed by atoms with Crippen LogP contribution in [0, 0.1) is 11.7 Å². The Morgan fingerprint density at radius 1 is 1.28 bits per heavy atom. The zero-order chi connectivity index (χ0) is 21.1. The molecule has 2 amide bonds. The van der Waals surface area contributed by atoms with Crippen LogP contribution >= 0.6 is 0 Å². The van der Waals surface area contributed by atoms with Crippen LogP contribution in [0.1, 0.15) is 35.8 Å². The molecular formula is C20H23FN4O4. The maximum absolute atomic E-state index is 13.2. The lowest BCUT2D eigenvalue weighted by Crippen LogP contribution is -2.50. The van der Waals surface area contributed by atoms with E-state index >= 15 is 0 Å². The number of carbonyl (C=O) groups is 2. The number of aromatic nitrogens is 1. The quantitative estimate of drug-likeness (QED) is 0.601. The number of halogens is 1. The highest BCUT2D eigenvalue weighted by Gasteiger charge is 2.40. The van der Waals surface area contributed by atoms with E-state index in [4.69, 9.17) is 5.11 Å². The molecule has 1 aliphatic heterocycles. The molecule has 3 rings (SSSR count). The van der Waals surface area contributed by atoms with Crippen molar-refractivity contribution >= 4 is 23.3 Å². The van der Waals surface area contributed by atoms with Crippen molar-refractivity contribution in [3.8, 4) is 0 Å². The summed E-state index contributed by atoms with van der Waals surface area (Å²) >= 11 is 0. The molecule has 154 valence electrons. The lowest BCUT2D eigenvalue weighted by atomic mass is 9.85. The van der Waals surface area contributed by atoms with Crippen LogP contribution < -0.4 is 15.5 Å². The van der Waals surface area contributed by atoms with Crippen molar-refractivity contribution in [2.24, 2.45) is 5.92 Å². The molecule has 1 aromatic heterocycles. The maximum Gasteiger partial charge on any atom is 0.251 e. The Balaban J connectivity index is 2.04. The van der Waals surface area contributed by atoms with Gasteiger partial charge in [0.15, 0.2) is 0 Å². The average Bonchev–Trinajstić information content (AvgIpc) is 2.70. The molecule has 0 fully saturated rings. The number of aliphatic hydroxyl groups excluding tert-OH is 2. The van der Waals surface area contributed by atoms with E-state index in [1.165, 1.54) is 24.0 Å². The minimum absolute atomic E-state index is 0.117. The summed E-state index contributed by atoms with van der Waals surface area (Å²) in [5, 5.41) is 25.4. The van der Waals surface area contributed by atoms with Crippen molar-refractivity contribution in [2.45, 2.75) is 26.1 Å². The van der Waals surface area contributed by atoms with E-state index in [0.29, 0.717) is 22.6 Å². The number of anilines is 2. The summed E-state index contributed by atoms with van der Waals surface area (Å²) in [6, 6.07) is 7.05. The van der Waals surface area contributed by atoms with Crippen LogP contribution in [0.3, 0.4) is 0 Å². The third kappa shape index (κ3) is 4.20. The van der Waals surface area contributed by atoms with E-state index in [0.717, 1.165) is 6.20 Å². The highest BCUT2D eigenvalue weighted by atomic mass is 19.1. The summed E-state index contributed by atoms with van der Waals surface area (Å²) in [5.74, 6) is -1.23. The molecule has 3 atom stereocenters. The smallest absolute Gasteiger partial charge is 0.251 e. The van der Waals surface area contributed by atoms with E-state index in [1.54, 1.807) is 25.1 Å². The number of aliphatic hydroxyl groups is 2. The number of nitrogens with zero attached hydrogens (tertiary/aromatic N) is 2. The summed E-state index contributed by atoms with van der Waals surface area (Å²) < 4.78 is 13.2. The number of rotatable bonds is 5. The van der Waals surface area contributed by atoms with Crippen LogP contribution in [-0.2, 0) is 4.79 Å². The highest BCUT2D eigenvalue weighted by Crippen LogP contribution is 2.42. The average molecular weight is 402 g/mol. The number of hydrogen-bond acceptors (Lipinski definition) is 6. The first-order chi connectivity index (χ1) is 13.8. The van der Waals surface area contributed by atoms with Crippen LogP contribution in [0.4, 0.5) is 15.9 Å². The molecule has 9 heteroatoms. The van der Waals surface area contributed by atoms with E-state index in [2.05, 4.69) is 15.6 Å². The molecule has 4 N–H and O–H groups in total. The molecule has 0 aliphatic carbocycles. The fourth-order valence-corrected chi connectivity index (χ4v) is 3.45. The number of hydrogen-bond donors (Lipinski definition) is 4. The molecule has 29 heavy (non-hydrogen) atoms. The first-order valence-corrected chi connectivity index (χ1v) is 9.22. The van der Waals surface area contributed by atoms with E-state index in [1.807, 2.05) is 0 Å². The number of carbonyl (C=O) groups excluding carboxylic acids is 2.